The first kappa shape index (κ1) is 9.13. The summed E-state index contributed by atoms with van der Waals surface area (Å²) in [6, 6.07) is 0. The second-order valence-corrected chi connectivity index (χ2v) is 0.427. The summed E-state index contributed by atoms with van der Waals surface area (Å²) in [6.07, 6.45) is 1.94. The van der Waals surface area contributed by atoms with Crippen LogP contribution in [0.4, 0.5) is 0 Å². The van der Waals surface area contributed by atoms with Crippen molar-refractivity contribution in [2.75, 3.05) is 0 Å². The molecule has 0 rings (SSSR count). The lowest BCUT2D eigenvalue weighted by Crippen LogP contribution is -1.86. The van der Waals surface area contributed by atoms with Crippen LogP contribution in [0.25, 0.3) is 0 Å². The standard InChI is InChI=1S/C2H5N3.H3P/c3-1-5-2-4;/h1-2H,(H3,3,4,5);1H3. The monoisotopic (exact) mass is 105 g/mol. The second-order valence-electron chi connectivity index (χ2n) is 0.427. The molecule has 0 heterocycles. The maximum atomic E-state index is 6.20. The SMILES string of the molecule is N=CN=CN.P. The van der Waals surface area contributed by atoms with E-state index in [2.05, 4.69) is 4.99 Å². The van der Waals surface area contributed by atoms with Crippen LogP contribution < -0.4 is 5.73 Å². The van der Waals surface area contributed by atoms with Gasteiger partial charge in [0, 0.05) is 0 Å². The van der Waals surface area contributed by atoms with Crippen molar-refractivity contribution in [2.24, 2.45) is 10.7 Å². The molecule has 0 saturated carbocycles. The summed E-state index contributed by atoms with van der Waals surface area (Å²) in [5, 5.41) is 6.20. The largest absolute Gasteiger partial charge is 0.390 e. The summed E-state index contributed by atoms with van der Waals surface area (Å²) in [5.74, 6) is 0. The van der Waals surface area contributed by atoms with E-state index in [1.54, 1.807) is 0 Å². The van der Waals surface area contributed by atoms with Crippen LogP contribution >= 0.6 is 9.90 Å². The van der Waals surface area contributed by atoms with E-state index in [0.717, 1.165) is 12.7 Å². The Labute approximate surface area is 39.8 Å². The number of hydrogen-bond acceptors (Lipinski definition) is 1. The molecule has 36 valence electrons. The Kier molecular flexibility index (Phi) is 13.4. The van der Waals surface area contributed by atoms with Gasteiger partial charge >= 0.3 is 0 Å². The fourth-order valence-corrected chi connectivity index (χ4v) is 0.0430. The zero-order chi connectivity index (χ0) is 4.12. The minimum absolute atomic E-state index is 0. The van der Waals surface area contributed by atoms with Crippen LogP contribution in [0.2, 0.25) is 0 Å². The van der Waals surface area contributed by atoms with Crippen molar-refractivity contribution in [2.45, 2.75) is 0 Å². The predicted octanol–water partition coefficient (Wildman–Crippen LogP) is -0.361. The molecule has 0 saturated heterocycles. The van der Waals surface area contributed by atoms with E-state index in [9.17, 15) is 0 Å². The predicted molar refractivity (Wildman–Crippen MR) is 32.6 cm³/mol. The summed E-state index contributed by atoms with van der Waals surface area (Å²) in [5.41, 5.74) is 4.70. The molecule has 0 spiro atoms. The van der Waals surface area contributed by atoms with E-state index >= 15 is 0 Å². The molecular formula is C2H8N3P. The quantitative estimate of drug-likeness (QED) is 0.267. The first-order valence-corrected chi connectivity index (χ1v) is 1.14. The van der Waals surface area contributed by atoms with Gasteiger partial charge in [-0.15, -0.1) is 0 Å². The molecule has 0 aliphatic carbocycles. The van der Waals surface area contributed by atoms with Gasteiger partial charge in [0.05, 0.1) is 6.34 Å². The summed E-state index contributed by atoms with van der Waals surface area (Å²) >= 11 is 0. The summed E-state index contributed by atoms with van der Waals surface area (Å²) < 4.78 is 0. The van der Waals surface area contributed by atoms with Gasteiger partial charge in [0.1, 0.15) is 6.34 Å². The van der Waals surface area contributed by atoms with Crippen LogP contribution in [0.5, 0.6) is 0 Å². The van der Waals surface area contributed by atoms with Crippen LogP contribution in [0.1, 0.15) is 0 Å². The first-order valence-electron chi connectivity index (χ1n) is 1.14. The minimum atomic E-state index is 0. The van der Waals surface area contributed by atoms with Crippen LogP contribution in [-0.4, -0.2) is 12.7 Å². The van der Waals surface area contributed by atoms with Gasteiger partial charge in [-0.3, -0.25) is 5.41 Å². The average Bonchev–Trinajstić information content (AvgIpc) is 1.41. The number of nitrogens with two attached hydrogens (primary N) is 1. The molecule has 3 N–H and O–H groups in total. The molecule has 3 nitrogen and oxygen atoms in total. The van der Waals surface area contributed by atoms with E-state index in [4.69, 9.17) is 11.1 Å². The Morgan fingerprint density at radius 3 is 2.17 bits per heavy atom. The third-order valence-corrected chi connectivity index (χ3v) is 0.161. The molecule has 0 aromatic heterocycles. The molecule has 1 unspecified atom stereocenters. The third-order valence-electron chi connectivity index (χ3n) is 0.161. The van der Waals surface area contributed by atoms with Crippen molar-refractivity contribution in [3.05, 3.63) is 0 Å². The van der Waals surface area contributed by atoms with Crippen molar-refractivity contribution >= 4 is 22.6 Å². The highest BCUT2D eigenvalue weighted by Gasteiger charge is 1.41. The second kappa shape index (κ2) is 8.82. The molecule has 0 bridgehead atoms. The van der Waals surface area contributed by atoms with Crippen molar-refractivity contribution < 1.29 is 0 Å². The van der Waals surface area contributed by atoms with Gasteiger partial charge in [-0.25, -0.2) is 4.99 Å². The molecule has 6 heavy (non-hydrogen) atoms. The highest BCUT2D eigenvalue weighted by Crippen LogP contribution is 1.38. The highest BCUT2D eigenvalue weighted by atomic mass is 31.0. The number of hydrogen-bond donors (Lipinski definition) is 2. The Balaban J connectivity index is 0. The summed E-state index contributed by atoms with van der Waals surface area (Å²) in [4.78, 5) is 3.17. The summed E-state index contributed by atoms with van der Waals surface area (Å²) in [7, 11) is 0. The van der Waals surface area contributed by atoms with Crippen molar-refractivity contribution in [1.82, 2.24) is 0 Å². The topological polar surface area (TPSA) is 62.2 Å². The lowest BCUT2D eigenvalue weighted by molar-refractivity contribution is 1.51. The van der Waals surface area contributed by atoms with Gasteiger partial charge in [0.2, 0.25) is 0 Å². The van der Waals surface area contributed by atoms with Gasteiger partial charge in [-0.1, -0.05) is 0 Å². The summed E-state index contributed by atoms with van der Waals surface area (Å²) in [6.45, 7) is 0. The Bertz CT molecular complexity index is 50.8. The van der Waals surface area contributed by atoms with Gasteiger partial charge in [-0.2, -0.15) is 9.90 Å². The molecular weight excluding hydrogens is 97.0 g/mol. The molecule has 4 heteroatoms. The lowest BCUT2D eigenvalue weighted by Gasteiger charge is -1.59. The minimum Gasteiger partial charge on any atom is -0.390 e. The van der Waals surface area contributed by atoms with Crippen LogP contribution in [0, 0.1) is 5.41 Å². The fraction of sp³-hybridized carbons (Fsp3) is 0. The maximum absolute atomic E-state index is 6.20. The van der Waals surface area contributed by atoms with E-state index in [0.29, 0.717) is 0 Å². The highest BCUT2D eigenvalue weighted by molar-refractivity contribution is 6.92. The van der Waals surface area contributed by atoms with E-state index < -0.39 is 0 Å². The Morgan fingerprint density at radius 1 is 1.67 bits per heavy atom. The van der Waals surface area contributed by atoms with Crippen LogP contribution in [0.15, 0.2) is 4.99 Å². The number of aliphatic imine (C=N–C) groups is 1. The molecule has 1 atom stereocenters. The molecule has 0 aliphatic rings. The van der Waals surface area contributed by atoms with Gasteiger partial charge in [-0.05, 0) is 0 Å². The van der Waals surface area contributed by atoms with Crippen molar-refractivity contribution in [3.8, 4) is 0 Å². The van der Waals surface area contributed by atoms with E-state index in [-0.39, 0.29) is 9.90 Å². The molecule has 0 aromatic rings. The molecule has 0 fully saturated rings. The van der Waals surface area contributed by atoms with E-state index in [1.165, 1.54) is 0 Å². The van der Waals surface area contributed by atoms with Gasteiger partial charge in [0.15, 0.2) is 0 Å². The van der Waals surface area contributed by atoms with E-state index in [1.807, 2.05) is 0 Å². The van der Waals surface area contributed by atoms with Crippen molar-refractivity contribution in [1.29, 1.82) is 5.41 Å². The molecule has 0 amide bonds. The number of nitrogens with one attached hydrogen (secondary N) is 1. The first-order chi connectivity index (χ1) is 2.41. The smallest absolute Gasteiger partial charge is 0.108 e. The van der Waals surface area contributed by atoms with Gasteiger partial charge < -0.3 is 5.73 Å². The Hall–Kier alpha value is -0.430. The maximum Gasteiger partial charge on any atom is 0.108 e. The fourth-order valence-electron chi connectivity index (χ4n) is 0.0430. The Morgan fingerprint density at radius 2 is 2.17 bits per heavy atom. The normalized spacial score (nSPS) is 7.33. The lowest BCUT2D eigenvalue weighted by atomic mass is 11.2. The number of rotatable bonds is 1. The molecule has 0 radical (unpaired) electrons. The van der Waals surface area contributed by atoms with Gasteiger partial charge in [0.25, 0.3) is 0 Å². The zero-order valence-electron chi connectivity index (χ0n) is 3.39. The molecule has 0 aromatic carbocycles. The third kappa shape index (κ3) is 9.57. The van der Waals surface area contributed by atoms with Crippen LogP contribution in [0.3, 0.4) is 0 Å². The zero-order valence-corrected chi connectivity index (χ0v) is 4.80. The number of nitrogens with zero attached hydrogens (tertiary/aromatic N) is 1. The molecule has 0 aliphatic heterocycles. The van der Waals surface area contributed by atoms with Crippen molar-refractivity contribution in [3.63, 3.8) is 0 Å². The average molecular weight is 105 g/mol. The van der Waals surface area contributed by atoms with Crippen LogP contribution in [-0.2, 0) is 0 Å².